The first kappa shape index (κ1) is 19.7. The Morgan fingerprint density at radius 3 is 2.52 bits per heavy atom. The fraction of sp³-hybridized carbons (Fsp3) is 0.500. The number of ether oxygens (including phenoxy) is 3. The first-order chi connectivity index (χ1) is 9.76. The van der Waals surface area contributed by atoms with Gasteiger partial charge in [-0.2, -0.15) is 0 Å². The van der Waals surface area contributed by atoms with Crippen LogP contribution in [0.15, 0.2) is 24.3 Å². The number of halogens is 1. The minimum absolute atomic E-state index is 0. The lowest BCUT2D eigenvalue weighted by molar-refractivity contribution is -0.120. The van der Waals surface area contributed by atoms with Crippen LogP contribution in [0, 0.1) is 0 Å². The summed E-state index contributed by atoms with van der Waals surface area (Å²) in [7, 11) is 1.63. The Morgan fingerprint density at radius 2 is 1.90 bits per heavy atom. The highest BCUT2D eigenvalue weighted by molar-refractivity contribution is 5.91. The molecule has 0 unspecified atom stereocenters. The van der Waals surface area contributed by atoms with Crippen molar-refractivity contribution in [3.63, 3.8) is 0 Å². The lowest BCUT2D eigenvalue weighted by atomic mass is 10.3. The van der Waals surface area contributed by atoms with E-state index in [0.717, 1.165) is 12.2 Å². The molecule has 1 rings (SSSR count). The van der Waals surface area contributed by atoms with E-state index in [0.29, 0.717) is 32.1 Å². The van der Waals surface area contributed by atoms with Crippen LogP contribution in [0.3, 0.4) is 0 Å². The van der Waals surface area contributed by atoms with Crippen molar-refractivity contribution in [2.45, 2.75) is 6.42 Å². The molecule has 0 spiro atoms. The van der Waals surface area contributed by atoms with Gasteiger partial charge < -0.3 is 25.3 Å². The summed E-state index contributed by atoms with van der Waals surface area (Å²) >= 11 is 0. The molecular weight excluding hydrogens is 296 g/mol. The average Bonchev–Trinajstić information content (AvgIpc) is 2.46. The summed E-state index contributed by atoms with van der Waals surface area (Å²) in [6.07, 6.45) is 0.775. The Bertz CT molecular complexity index is 387. The van der Waals surface area contributed by atoms with E-state index < -0.39 is 0 Å². The van der Waals surface area contributed by atoms with Crippen LogP contribution in [0.4, 0.5) is 5.69 Å². The molecule has 0 atom stereocenters. The van der Waals surface area contributed by atoms with Gasteiger partial charge in [0.25, 0.3) is 0 Å². The molecule has 120 valence electrons. The van der Waals surface area contributed by atoms with Crippen LogP contribution in [0.25, 0.3) is 0 Å². The van der Waals surface area contributed by atoms with E-state index in [1.165, 1.54) is 0 Å². The molecule has 0 fully saturated rings. The van der Waals surface area contributed by atoms with Gasteiger partial charge in [0.15, 0.2) is 0 Å². The summed E-state index contributed by atoms with van der Waals surface area (Å²) in [5, 5.41) is 2.74. The number of nitrogens with two attached hydrogens (primary N) is 1. The summed E-state index contributed by atoms with van der Waals surface area (Å²) in [6, 6.07) is 7.11. The van der Waals surface area contributed by atoms with Gasteiger partial charge in [-0.05, 0) is 30.7 Å². The Kier molecular flexibility index (Phi) is 11.6. The monoisotopic (exact) mass is 318 g/mol. The molecule has 0 saturated carbocycles. The van der Waals surface area contributed by atoms with E-state index in [1.807, 2.05) is 0 Å². The zero-order chi connectivity index (χ0) is 14.6. The number of rotatable bonds is 10. The highest BCUT2D eigenvalue weighted by Gasteiger charge is 2.02. The Morgan fingerprint density at radius 1 is 1.19 bits per heavy atom. The van der Waals surface area contributed by atoms with Crippen LogP contribution in [-0.2, 0) is 14.3 Å². The van der Waals surface area contributed by atoms with E-state index in [2.05, 4.69) is 5.32 Å². The fourth-order valence-electron chi connectivity index (χ4n) is 1.48. The van der Waals surface area contributed by atoms with Crippen LogP contribution in [0.5, 0.6) is 5.75 Å². The zero-order valence-electron chi connectivity index (χ0n) is 12.2. The smallest absolute Gasteiger partial charge is 0.250 e. The predicted molar refractivity (Wildman–Crippen MR) is 84.2 cm³/mol. The molecule has 3 N–H and O–H groups in total. The van der Waals surface area contributed by atoms with Gasteiger partial charge in [-0.25, -0.2) is 0 Å². The minimum atomic E-state index is -0.182. The van der Waals surface area contributed by atoms with Gasteiger partial charge in [0, 0.05) is 32.6 Å². The number of anilines is 1. The van der Waals surface area contributed by atoms with Gasteiger partial charge in [-0.1, -0.05) is 0 Å². The van der Waals surface area contributed by atoms with E-state index in [-0.39, 0.29) is 24.9 Å². The molecule has 1 aromatic rings. The van der Waals surface area contributed by atoms with E-state index in [1.54, 1.807) is 31.4 Å². The zero-order valence-corrected chi connectivity index (χ0v) is 13.0. The predicted octanol–water partition coefficient (Wildman–Crippen LogP) is 1.44. The number of nitrogens with one attached hydrogen (secondary N) is 1. The van der Waals surface area contributed by atoms with E-state index in [4.69, 9.17) is 19.9 Å². The summed E-state index contributed by atoms with van der Waals surface area (Å²) in [4.78, 5) is 11.6. The number of benzene rings is 1. The van der Waals surface area contributed by atoms with Gasteiger partial charge in [0.05, 0.1) is 0 Å². The summed E-state index contributed by atoms with van der Waals surface area (Å²) in [5.41, 5.74) is 6.05. The van der Waals surface area contributed by atoms with Gasteiger partial charge >= 0.3 is 0 Å². The quantitative estimate of drug-likeness (QED) is 0.638. The van der Waals surface area contributed by atoms with Crippen molar-refractivity contribution in [1.82, 2.24) is 0 Å². The van der Waals surface area contributed by atoms with Gasteiger partial charge in [-0.3, -0.25) is 4.79 Å². The lowest BCUT2D eigenvalue weighted by Gasteiger charge is -2.08. The molecule has 6 nitrogen and oxygen atoms in total. The molecule has 1 aromatic carbocycles. The highest BCUT2D eigenvalue weighted by atomic mass is 35.5. The van der Waals surface area contributed by atoms with E-state index >= 15 is 0 Å². The first-order valence-corrected chi connectivity index (χ1v) is 6.55. The van der Waals surface area contributed by atoms with Crippen LogP contribution in [0.1, 0.15) is 6.42 Å². The van der Waals surface area contributed by atoms with Crippen LogP contribution in [0.2, 0.25) is 0 Å². The van der Waals surface area contributed by atoms with Gasteiger partial charge in [0.2, 0.25) is 5.91 Å². The van der Waals surface area contributed by atoms with Gasteiger partial charge in [-0.15, -0.1) is 12.4 Å². The number of carbonyl (C=O) groups excluding carboxylic acids is 1. The molecule has 0 saturated heterocycles. The largest absolute Gasteiger partial charge is 0.492 e. The molecule has 0 heterocycles. The number of hydrogen-bond donors (Lipinski definition) is 2. The third-order valence-corrected chi connectivity index (χ3v) is 2.39. The normalized spacial score (nSPS) is 9.81. The summed E-state index contributed by atoms with van der Waals surface area (Å²) in [5.74, 6) is 0.544. The standard InChI is InChI=1S/C14H22N2O4.ClH/c1-18-8-2-9-19-11-14(17)16-12-3-5-13(6-4-12)20-10-7-15;/h3-6H,2,7-11,15H2,1H3,(H,16,17);1H. The maximum Gasteiger partial charge on any atom is 0.250 e. The van der Waals surface area contributed by atoms with Crippen molar-refractivity contribution in [1.29, 1.82) is 0 Å². The summed E-state index contributed by atoms with van der Waals surface area (Å²) in [6.45, 7) is 2.12. The molecular formula is C14H23ClN2O4. The van der Waals surface area contributed by atoms with Crippen LogP contribution in [-0.4, -0.2) is 46.0 Å². The fourth-order valence-corrected chi connectivity index (χ4v) is 1.48. The SMILES string of the molecule is COCCCOCC(=O)Nc1ccc(OCCN)cc1.Cl. The molecule has 0 aliphatic heterocycles. The Labute approximate surface area is 131 Å². The first-order valence-electron chi connectivity index (χ1n) is 6.55. The molecule has 21 heavy (non-hydrogen) atoms. The molecule has 0 aliphatic rings. The molecule has 0 aromatic heterocycles. The molecule has 0 bridgehead atoms. The number of amides is 1. The van der Waals surface area contributed by atoms with Crippen molar-refractivity contribution in [3.8, 4) is 5.75 Å². The maximum atomic E-state index is 11.6. The third-order valence-electron chi connectivity index (χ3n) is 2.39. The third kappa shape index (κ3) is 9.25. The second-order valence-electron chi connectivity index (χ2n) is 4.11. The number of hydrogen-bond acceptors (Lipinski definition) is 5. The topological polar surface area (TPSA) is 82.8 Å². The average molecular weight is 319 g/mol. The minimum Gasteiger partial charge on any atom is -0.492 e. The van der Waals surface area contributed by atoms with Crippen molar-refractivity contribution < 1.29 is 19.0 Å². The summed E-state index contributed by atoms with van der Waals surface area (Å²) < 4.78 is 15.4. The number of methoxy groups -OCH3 is 1. The Hall–Kier alpha value is -1.34. The second-order valence-corrected chi connectivity index (χ2v) is 4.11. The van der Waals surface area contributed by atoms with Gasteiger partial charge in [0.1, 0.15) is 19.0 Å². The lowest BCUT2D eigenvalue weighted by Crippen LogP contribution is -2.19. The van der Waals surface area contributed by atoms with Crippen LogP contribution >= 0.6 is 12.4 Å². The molecule has 0 aliphatic carbocycles. The number of carbonyl (C=O) groups is 1. The van der Waals surface area contributed by atoms with Crippen molar-refractivity contribution in [2.24, 2.45) is 5.73 Å². The molecule has 7 heteroatoms. The second kappa shape index (κ2) is 12.4. The van der Waals surface area contributed by atoms with E-state index in [9.17, 15) is 4.79 Å². The highest BCUT2D eigenvalue weighted by Crippen LogP contribution is 2.15. The maximum absolute atomic E-state index is 11.6. The molecule has 0 radical (unpaired) electrons. The van der Waals surface area contributed by atoms with Crippen LogP contribution < -0.4 is 15.8 Å². The van der Waals surface area contributed by atoms with Crippen molar-refractivity contribution in [2.75, 3.05) is 45.4 Å². The van der Waals surface area contributed by atoms with Crippen molar-refractivity contribution in [3.05, 3.63) is 24.3 Å². The van der Waals surface area contributed by atoms with Crippen molar-refractivity contribution >= 4 is 24.0 Å². The molecule has 1 amide bonds. The Balaban J connectivity index is 0.00000400.